The van der Waals surface area contributed by atoms with E-state index in [1.807, 2.05) is 6.92 Å². The van der Waals surface area contributed by atoms with Crippen LogP contribution in [0.4, 0.5) is 0 Å². The third kappa shape index (κ3) is 3.15. The maximum Gasteiger partial charge on any atom is 0.249 e. The molecule has 0 spiro atoms. The van der Waals surface area contributed by atoms with Gasteiger partial charge in [-0.15, -0.1) is 0 Å². The zero-order chi connectivity index (χ0) is 14.9. The Morgan fingerprint density at radius 3 is 2.60 bits per heavy atom. The number of carbonyl (C=O) groups is 4. The Balaban J connectivity index is 1.77. The number of nitrogens with zero attached hydrogens (tertiary/aromatic N) is 1. The van der Waals surface area contributed by atoms with Crippen molar-refractivity contribution in [1.82, 2.24) is 15.5 Å². The molecular formula is C13H19N3O4. The smallest absolute Gasteiger partial charge is 0.249 e. The van der Waals surface area contributed by atoms with Crippen LogP contribution in [0.15, 0.2) is 0 Å². The molecule has 0 aromatic rings. The monoisotopic (exact) mass is 281 g/mol. The van der Waals surface area contributed by atoms with Gasteiger partial charge in [-0.25, -0.2) is 0 Å². The number of nitrogens with one attached hydrogen (secondary N) is 2. The Hall–Kier alpha value is -1.92. The summed E-state index contributed by atoms with van der Waals surface area (Å²) in [6, 6.07) is -0.653. The Labute approximate surface area is 117 Å². The van der Waals surface area contributed by atoms with Crippen LogP contribution in [0.3, 0.4) is 0 Å². The minimum absolute atomic E-state index is 0.0224. The van der Waals surface area contributed by atoms with Crippen LogP contribution in [0.2, 0.25) is 0 Å². The van der Waals surface area contributed by atoms with Gasteiger partial charge in [-0.3, -0.25) is 24.5 Å². The van der Waals surface area contributed by atoms with Gasteiger partial charge in [-0.1, -0.05) is 6.92 Å². The van der Waals surface area contributed by atoms with E-state index in [0.29, 0.717) is 5.92 Å². The lowest BCUT2D eigenvalue weighted by Gasteiger charge is -2.31. The van der Waals surface area contributed by atoms with Crippen LogP contribution in [-0.2, 0) is 19.2 Å². The molecule has 0 aromatic heterocycles. The Kier molecular flexibility index (Phi) is 4.06. The van der Waals surface area contributed by atoms with E-state index in [-0.39, 0.29) is 37.2 Å². The van der Waals surface area contributed by atoms with E-state index in [0.717, 1.165) is 6.42 Å². The number of carbonyl (C=O) groups excluding carboxylic acids is 4. The zero-order valence-corrected chi connectivity index (χ0v) is 11.6. The highest BCUT2D eigenvalue weighted by Gasteiger charge is 2.39. The van der Waals surface area contributed by atoms with Gasteiger partial charge in [0, 0.05) is 18.9 Å². The van der Waals surface area contributed by atoms with Crippen molar-refractivity contribution in [3.8, 4) is 0 Å². The van der Waals surface area contributed by atoms with Gasteiger partial charge in [0.1, 0.15) is 12.6 Å². The maximum absolute atomic E-state index is 12.0. The third-order valence-electron chi connectivity index (χ3n) is 3.83. The fourth-order valence-corrected chi connectivity index (χ4v) is 2.27. The number of hydrogen-bond acceptors (Lipinski definition) is 4. The van der Waals surface area contributed by atoms with Crippen LogP contribution in [0.25, 0.3) is 0 Å². The van der Waals surface area contributed by atoms with Crippen LogP contribution in [0.5, 0.6) is 0 Å². The molecule has 110 valence electrons. The first kappa shape index (κ1) is 14.5. The molecule has 1 aliphatic carbocycles. The van der Waals surface area contributed by atoms with Crippen molar-refractivity contribution >= 4 is 23.6 Å². The average molecular weight is 281 g/mol. The summed E-state index contributed by atoms with van der Waals surface area (Å²) in [5.41, 5.74) is 0. The summed E-state index contributed by atoms with van der Waals surface area (Å²) in [4.78, 5) is 47.5. The van der Waals surface area contributed by atoms with Gasteiger partial charge in [0.15, 0.2) is 0 Å². The SMILES string of the molecule is CC1CC1C(=O)NCCC(=O)N1CC(=O)NC(=O)C1C. The third-order valence-corrected chi connectivity index (χ3v) is 3.83. The van der Waals surface area contributed by atoms with Crippen molar-refractivity contribution in [2.24, 2.45) is 11.8 Å². The summed E-state index contributed by atoms with van der Waals surface area (Å²) in [6.45, 7) is 3.71. The second kappa shape index (κ2) is 5.60. The normalized spacial score (nSPS) is 28.9. The number of rotatable bonds is 4. The van der Waals surface area contributed by atoms with E-state index in [9.17, 15) is 19.2 Å². The highest BCUT2D eigenvalue weighted by atomic mass is 16.2. The first-order valence-corrected chi connectivity index (χ1v) is 6.81. The highest BCUT2D eigenvalue weighted by Crippen LogP contribution is 2.37. The molecule has 1 aliphatic heterocycles. The fourth-order valence-electron chi connectivity index (χ4n) is 2.27. The van der Waals surface area contributed by atoms with Gasteiger partial charge in [-0.2, -0.15) is 0 Å². The first-order valence-electron chi connectivity index (χ1n) is 6.81. The molecule has 3 atom stereocenters. The van der Waals surface area contributed by atoms with E-state index < -0.39 is 17.9 Å². The van der Waals surface area contributed by atoms with Crippen molar-refractivity contribution < 1.29 is 19.2 Å². The zero-order valence-electron chi connectivity index (χ0n) is 11.6. The van der Waals surface area contributed by atoms with E-state index in [1.165, 1.54) is 4.90 Å². The molecule has 3 unspecified atom stereocenters. The molecule has 2 fully saturated rings. The summed E-state index contributed by atoms with van der Waals surface area (Å²) < 4.78 is 0. The minimum Gasteiger partial charge on any atom is -0.355 e. The molecule has 4 amide bonds. The van der Waals surface area contributed by atoms with E-state index in [1.54, 1.807) is 6.92 Å². The summed E-state index contributed by atoms with van der Waals surface area (Å²) >= 11 is 0. The lowest BCUT2D eigenvalue weighted by molar-refractivity contribution is -0.149. The van der Waals surface area contributed by atoms with E-state index in [4.69, 9.17) is 0 Å². The molecule has 20 heavy (non-hydrogen) atoms. The molecule has 1 heterocycles. The first-order chi connectivity index (χ1) is 9.40. The van der Waals surface area contributed by atoms with Gasteiger partial charge in [0.25, 0.3) is 0 Å². The second-order valence-corrected chi connectivity index (χ2v) is 5.47. The molecule has 1 saturated carbocycles. The lowest BCUT2D eigenvalue weighted by Crippen LogP contribution is -2.58. The van der Waals surface area contributed by atoms with Crippen LogP contribution in [0.1, 0.15) is 26.7 Å². The van der Waals surface area contributed by atoms with Crippen molar-refractivity contribution in [3.63, 3.8) is 0 Å². The van der Waals surface area contributed by atoms with E-state index in [2.05, 4.69) is 10.6 Å². The minimum atomic E-state index is -0.653. The van der Waals surface area contributed by atoms with Crippen LogP contribution >= 0.6 is 0 Å². The molecule has 2 rings (SSSR count). The standard InChI is InChI=1S/C13H19N3O4/c1-7-5-9(7)13(20)14-4-3-11(18)16-6-10(17)15-12(19)8(16)2/h7-9H,3-6H2,1-2H3,(H,14,20)(H,15,17,19). The molecule has 7 heteroatoms. The van der Waals surface area contributed by atoms with Crippen LogP contribution in [-0.4, -0.2) is 47.7 Å². The van der Waals surface area contributed by atoms with Crippen molar-refractivity contribution in [2.75, 3.05) is 13.1 Å². The quantitative estimate of drug-likeness (QED) is 0.648. The number of amides is 4. The summed E-state index contributed by atoms with van der Waals surface area (Å²) in [5.74, 6) is -0.765. The molecule has 1 saturated heterocycles. The highest BCUT2D eigenvalue weighted by molar-refractivity contribution is 6.04. The van der Waals surface area contributed by atoms with Gasteiger partial charge in [-0.05, 0) is 19.3 Å². The van der Waals surface area contributed by atoms with Crippen molar-refractivity contribution in [2.45, 2.75) is 32.7 Å². The summed E-state index contributed by atoms with van der Waals surface area (Å²) in [7, 11) is 0. The molecule has 2 N–H and O–H groups in total. The largest absolute Gasteiger partial charge is 0.355 e. The maximum atomic E-state index is 12.0. The summed E-state index contributed by atoms with van der Waals surface area (Å²) in [6.07, 6.45) is 0.995. The number of piperazine rings is 1. The topological polar surface area (TPSA) is 95.6 Å². The number of hydrogen-bond donors (Lipinski definition) is 2. The number of imide groups is 1. The van der Waals surface area contributed by atoms with Crippen molar-refractivity contribution in [1.29, 1.82) is 0 Å². The van der Waals surface area contributed by atoms with Gasteiger partial charge in [0.2, 0.25) is 23.6 Å². The Morgan fingerprint density at radius 1 is 1.35 bits per heavy atom. The molecule has 0 bridgehead atoms. The predicted octanol–water partition coefficient (Wildman–Crippen LogP) is -0.978. The predicted molar refractivity (Wildman–Crippen MR) is 69.2 cm³/mol. The molecular weight excluding hydrogens is 262 g/mol. The average Bonchev–Trinajstić information content (AvgIpc) is 3.10. The Morgan fingerprint density at radius 2 is 2.00 bits per heavy atom. The molecule has 7 nitrogen and oxygen atoms in total. The van der Waals surface area contributed by atoms with Crippen LogP contribution in [0, 0.1) is 11.8 Å². The molecule has 0 radical (unpaired) electrons. The van der Waals surface area contributed by atoms with Gasteiger partial charge < -0.3 is 10.2 Å². The molecule has 2 aliphatic rings. The van der Waals surface area contributed by atoms with Crippen LogP contribution < -0.4 is 10.6 Å². The van der Waals surface area contributed by atoms with Crippen molar-refractivity contribution in [3.05, 3.63) is 0 Å². The summed E-state index contributed by atoms with van der Waals surface area (Å²) in [5, 5.41) is 4.89. The molecule has 0 aromatic carbocycles. The van der Waals surface area contributed by atoms with Gasteiger partial charge >= 0.3 is 0 Å². The fraction of sp³-hybridized carbons (Fsp3) is 0.692. The second-order valence-electron chi connectivity index (χ2n) is 5.47. The van der Waals surface area contributed by atoms with E-state index >= 15 is 0 Å². The van der Waals surface area contributed by atoms with Gasteiger partial charge in [0.05, 0.1) is 0 Å². The lowest BCUT2D eigenvalue weighted by atomic mass is 10.2. The Bertz CT molecular complexity index is 463.